The van der Waals surface area contributed by atoms with Gasteiger partial charge in [-0.15, -0.1) is 12.4 Å². The van der Waals surface area contributed by atoms with E-state index in [0.717, 1.165) is 13.1 Å². The third-order valence-corrected chi connectivity index (χ3v) is 6.22. The van der Waals surface area contributed by atoms with E-state index < -0.39 is 0 Å². The fourth-order valence-corrected chi connectivity index (χ4v) is 4.66. The monoisotopic (exact) mass is 451 g/mol. The Morgan fingerprint density at radius 2 is 2.07 bits per heavy atom. The topological polar surface area (TPSA) is 58.4 Å². The molecule has 1 N–H and O–H groups in total. The molecule has 2 aromatic heterocycles. The number of carbonyl (C=O) groups is 1. The molecule has 1 atom stereocenters. The van der Waals surface area contributed by atoms with Gasteiger partial charge in [0.15, 0.2) is 0 Å². The molecule has 1 aromatic carbocycles. The molecule has 1 saturated heterocycles. The summed E-state index contributed by atoms with van der Waals surface area (Å²) in [6.45, 7) is 4.42. The minimum Gasteiger partial charge on any atom is -0.360 e. The number of aryl methyl sites for hydroxylation is 1. The maximum absolute atomic E-state index is 13.1. The van der Waals surface area contributed by atoms with Crippen LogP contribution in [-0.2, 0) is 0 Å². The first-order valence-electron chi connectivity index (χ1n) is 9.40. The molecule has 1 fully saturated rings. The van der Waals surface area contributed by atoms with E-state index in [2.05, 4.69) is 32.2 Å². The first-order chi connectivity index (χ1) is 13.6. The zero-order valence-corrected chi connectivity index (χ0v) is 18.4. The highest BCUT2D eigenvalue weighted by Crippen LogP contribution is 2.31. The van der Waals surface area contributed by atoms with Crippen molar-refractivity contribution in [1.29, 1.82) is 0 Å². The Labute approximate surface area is 185 Å². The molecule has 0 bridgehead atoms. The van der Waals surface area contributed by atoms with Crippen molar-refractivity contribution in [3.05, 3.63) is 63.0 Å². The van der Waals surface area contributed by atoms with Crippen molar-refractivity contribution in [3.8, 4) is 11.3 Å². The molecule has 29 heavy (non-hydrogen) atoms. The summed E-state index contributed by atoms with van der Waals surface area (Å²) in [5.74, 6) is 0.300. The highest BCUT2D eigenvalue weighted by molar-refractivity contribution is 7.08. The van der Waals surface area contributed by atoms with Crippen LogP contribution >= 0.6 is 35.3 Å². The highest BCUT2D eigenvalue weighted by Gasteiger charge is 2.27. The molecule has 0 saturated carbocycles. The molecule has 5 nitrogen and oxygen atoms in total. The summed E-state index contributed by atoms with van der Waals surface area (Å²) in [4.78, 5) is 15.5. The number of halogens is 2. The molecule has 0 aliphatic carbocycles. The summed E-state index contributed by atoms with van der Waals surface area (Å²) < 4.78 is 5.33. The molecule has 0 spiro atoms. The van der Waals surface area contributed by atoms with Gasteiger partial charge in [0.2, 0.25) is 0 Å². The number of carbonyl (C=O) groups excluding carboxylic acids is 1. The predicted molar refractivity (Wildman–Crippen MR) is 119 cm³/mol. The van der Waals surface area contributed by atoms with E-state index in [1.54, 1.807) is 24.3 Å². The van der Waals surface area contributed by atoms with Crippen LogP contribution in [0.3, 0.4) is 0 Å². The fourth-order valence-electron chi connectivity index (χ4n) is 3.73. The lowest BCUT2D eigenvalue weighted by molar-refractivity contribution is 0.0937. The van der Waals surface area contributed by atoms with Gasteiger partial charge in [-0.3, -0.25) is 9.69 Å². The van der Waals surface area contributed by atoms with Crippen molar-refractivity contribution in [3.63, 3.8) is 0 Å². The van der Waals surface area contributed by atoms with Gasteiger partial charge in [0.25, 0.3) is 5.91 Å². The Balaban J connectivity index is 0.00000240. The number of nitrogens with one attached hydrogen (secondary N) is 1. The van der Waals surface area contributed by atoms with Crippen LogP contribution in [-0.4, -0.2) is 35.6 Å². The average Bonchev–Trinajstić information content (AvgIpc) is 3.44. The Kier molecular flexibility index (Phi) is 7.35. The number of hydrogen-bond donors (Lipinski definition) is 1. The summed E-state index contributed by atoms with van der Waals surface area (Å²) in [6.07, 6.45) is 2.41. The van der Waals surface area contributed by atoms with Gasteiger partial charge in [-0.05, 0) is 61.3 Å². The molecule has 1 aliphatic heterocycles. The van der Waals surface area contributed by atoms with Gasteiger partial charge < -0.3 is 9.84 Å². The Hall–Kier alpha value is -1.86. The number of benzene rings is 1. The SMILES string of the molecule is Cc1onc(-c2ccccc2Cl)c1C(=O)NCC(c1ccsc1)N1CCCC1.Cl. The van der Waals surface area contributed by atoms with Gasteiger partial charge in [0.1, 0.15) is 17.0 Å². The van der Waals surface area contributed by atoms with Crippen LogP contribution in [0.1, 0.15) is 40.6 Å². The molecule has 1 aliphatic rings. The third-order valence-electron chi connectivity index (χ3n) is 5.18. The molecule has 1 amide bonds. The molecule has 8 heteroatoms. The number of thiophene rings is 1. The second-order valence-corrected chi connectivity index (χ2v) is 8.16. The normalized spacial score (nSPS) is 15.1. The van der Waals surface area contributed by atoms with E-state index >= 15 is 0 Å². The largest absolute Gasteiger partial charge is 0.360 e. The lowest BCUT2D eigenvalue weighted by atomic mass is 10.0. The van der Waals surface area contributed by atoms with Crippen LogP contribution in [0, 0.1) is 6.92 Å². The number of nitrogens with zero attached hydrogens (tertiary/aromatic N) is 2. The second-order valence-electron chi connectivity index (χ2n) is 6.97. The van der Waals surface area contributed by atoms with Gasteiger partial charge in [0.05, 0.1) is 11.1 Å². The fraction of sp³-hybridized carbons (Fsp3) is 0.333. The summed E-state index contributed by atoms with van der Waals surface area (Å²) in [6, 6.07) is 9.66. The summed E-state index contributed by atoms with van der Waals surface area (Å²) in [7, 11) is 0. The van der Waals surface area contributed by atoms with Crippen LogP contribution in [0.15, 0.2) is 45.6 Å². The molecule has 3 aromatic rings. The summed E-state index contributed by atoms with van der Waals surface area (Å²) >= 11 is 7.99. The lowest BCUT2D eigenvalue weighted by Crippen LogP contribution is -2.36. The zero-order chi connectivity index (χ0) is 19.5. The number of aromatic nitrogens is 1. The van der Waals surface area contributed by atoms with Gasteiger partial charge in [-0.25, -0.2) is 0 Å². The van der Waals surface area contributed by atoms with Crippen LogP contribution in [0.2, 0.25) is 5.02 Å². The van der Waals surface area contributed by atoms with Crippen molar-refractivity contribution in [2.75, 3.05) is 19.6 Å². The van der Waals surface area contributed by atoms with Gasteiger partial charge in [0, 0.05) is 12.1 Å². The average molecular weight is 452 g/mol. The van der Waals surface area contributed by atoms with Crippen molar-refractivity contribution in [2.45, 2.75) is 25.8 Å². The minimum atomic E-state index is -0.187. The summed E-state index contributed by atoms with van der Waals surface area (Å²) in [5, 5.41) is 12.0. The second kappa shape index (κ2) is 9.76. The van der Waals surface area contributed by atoms with E-state index in [1.807, 2.05) is 18.2 Å². The Morgan fingerprint density at radius 1 is 1.31 bits per heavy atom. The smallest absolute Gasteiger partial charge is 0.257 e. The van der Waals surface area contributed by atoms with Crippen molar-refractivity contribution >= 4 is 41.3 Å². The third kappa shape index (κ3) is 4.67. The van der Waals surface area contributed by atoms with Crippen LogP contribution in [0.25, 0.3) is 11.3 Å². The van der Waals surface area contributed by atoms with Crippen LogP contribution in [0.5, 0.6) is 0 Å². The molecular formula is C21H23Cl2N3O2S. The van der Waals surface area contributed by atoms with E-state index in [1.165, 1.54) is 18.4 Å². The Morgan fingerprint density at radius 3 is 2.76 bits per heavy atom. The van der Waals surface area contributed by atoms with Gasteiger partial charge >= 0.3 is 0 Å². The summed E-state index contributed by atoms with van der Waals surface area (Å²) in [5.41, 5.74) is 2.87. The minimum absolute atomic E-state index is 0. The van der Waals surface area contributed by atoms with Crippen LogP contribution in [0.4, 0.5) is 0 Å². The molecule has 3 heterocycles. The van der Waals surface area contributed by atoms with Gasteiger partial charge in [-0.1, -0.05) is 35.0 Å². The molecule has 0 radical (unpaired) electrons. The number of likely N-dealkylation sites (tertiary alicyclic amines) is 1. The standard InChI is InChI=1S/C21H22ClN3O2S.ClH/c1-14-19(20(24-27-14)16-6-2-3-7-17(16)22)21(26)23-12-18(15-8-11-28-13-15)25-9-4-5-10-25;/h2-3,6-8,11,13,18H,4-5,9-10,12H2,1H3,(H,23,26);1H. The first kappa shape index (κ1) is 21.8. The van der Waals surface area contributed by atoms with E-state index in [9.17, 15) is 4.79 Å². The molecule has 1 unspecified atom stereocenters. The van der Waals surface area contributed by atoms with Crippen molar-refractivity contribution < 1.29 is 9.32 Å². The molecule has 154 valence electrons. The van der Waals surface area contributed by atoms with Gasteiger partial charge in [-0.2, -0.15) is 11.3 Å². The van der Waals surface area contributed by atoms with Crippen molar-refractivity contribution in [1.82, 2.24) is 15.4 Å². The first-order valence-corrected chi connectivity index (χ1v) is 10.7. The number of amides is 1. The highest BCUT2D eigenvalue weighted by atomic mass is 35.5. The van der Waals surface area contributed by atoms with Crippen LogP contribution < -0.4 is 5.32 Å². The van der Waals surface area contributed by atoms with E-state index in [-0.39, 0.29) is 24.4 Å². The lowest BCUT2D eigenvalue weighted by Gasteiger charge is -2.27. The van der Waals surface area contributed by atoms with E-state index in [0.29, 0.717) is 34.1 Å². The zero-order valence-electron chi connectivity index (χ0n) is 16.1. The van der Waals surface area contributed by atoms with E-state index in [4.69, 9.17) is 16.1 Å². The predicted octanol–water partition coefficient (Wildman–Crippen LogP) is 5.35. The Bertz CT molecular complexity index is 953. The quantitative estimate of drug-likeness (QED) is 0.548. The maximum atomic E-state index is 13.1. The maximum Gasteiger partial charge on any atom is 0.257 e. The molecule has 4 rings (SSSR count). The molecular weight excluding hydrogens is 429 g/mol. The number of hydrogen-bond acceptors (Lipinski definition) is 5. The number of rotatable bonds is 6. The van der Waals surface area contributed by atoms with Crippen molar-refractivity contribution in [2.24, 2.45) is 0 Å².